The molecule has 6 heteroatoms. The summed E-state index contributed by atoms with van der Waals surface area (Å²) in [5.74, 6) is -0.639. The number of aryl methyl sites for hydroxylation is 1. The molecule has 1 saturated heterocycles. The van der Waals surface area contributed by atoms with E-state index in [9.17, 15) is 9.18 Å². The van der Waals surface area contributed by atoms with E-state index in [-0.39, 0.29) is 13.0 Å². The highest BCUT2D eigenvalue weighted by Gasteiger charge is 2.40. The maximum Gasteiger partial charge on any atom is 0.264 e. The van der Waals surface area contributed by atoms with Crippen LogP contribution in [0, 0.1) is 13.8 Å². The SMILES string of the molecule is Cc1ncn(-c2ccc(NC(=O)C3(F)CCCOC3)cc2)c1C. The van der Waals surface area contributed by atoms with E-state index in [1.807, 2.05) is 30.5 Å². The zero-order valence-electron chi connectivity index (χ0n) is 13.3. The number of benzene rings is 1. The Hall–Kier alpha value is -2.21. The molecule has 1 aliphatic heterocycles. The molecule has 0 radical (unpaired) electrons. The molecule has 2 aromatic rings. The van der Waals surface area contributed by atoms with Crippen LogP contribution >= 0.6 is 0 Å². The highest BCUT2D eigenvalue weighted by Crippen LogP contribution is 2.26. The molecule has 23 heavy (non-hydrogen) atoms. The highest BCUT2D eigenvalue weighted by molar-refractivity contribution is 5.97. The second kappa shape index (κ2) is 6.12. The van der Waals surface area contributed by atoms with Crippen LogP contribution < -0.4 is 5.32 Å². The Kier molecular flexibility index (Phi) is 4.17. The molecule has 1 aromatic heterocycles. The topological polar surface area (TPSA) is 56.2 Å². The Labute approximate surface area is 134 Å². The zero-order chi connectivity index (χ0) is 16.4. The van der Waals surface area contributed by atoms with Crippen molar-refractivity contribution >= 4 is 11.6 Å². The van der Waals surface area contributed by atoms with Crippen molar-refractivity contribution in [2.45, 2.75) is 32.4 Å². The predicted molar refractivity (Wildman–Crippen MR) is 85.6 cm³/mol. The summed E-state index contributed by atoms with van der Waals surface area (Å²) in [6.45, 7) is 4.28. The summed E-state index contributed by atoms with van der Waals surface area (Å²) in [7, 11) is 0. The molecule has 2 heterocycles. The number of imidazole rings is 1. The van der Waals surface area contributed by atoms with Gasteiger partial charge in [0.25, 0.3) is 5.91 Å². The molecule has 122 valence electrons. The molecule has 1 atom stereocenters. The van der Waals surface area contributed by atoms with Gasteiger partial charge in [0.15, 0.2) is 0 Å². The standard InChI is InChI=1S/C17H20FN3O2/c1-12-13(2)21(11-19-12)15-6-4-14(5-7-15)20-16(22)17(18)8-3-9-23-10-17/h4-7,11H,3,8-10H2,1-2H3,(H,20,22). The van der Waals surface area contributed by atoms with Crippen molar-refractivity contribution in [2.75, 3.05) is 18.5 Å². The summed E-state index contributed by atoms with van der Waals surface area (Å²) in [6.07, 6.45) is 2.51. The number of hydrogen-bond acceptors (Lipinski definition) is 3. The Morgan fingerprint density at radius 2 is 2.09 bits per heavy atom. The van der Waals surface area contributed by atoms with Crippen molar-refractivity contribution in [3.63, 3.8) is 0 Å². The minimum Gasteiger partial charge on any atom is -0.378 e. The lowest BCUT2D eigenvalue weighted by Gasteiger charge is -2.28. The first-order chi connectivity index (χ1) is 11.0. The normalized spacial score (nSPS) is 21.2. The zero-order valence-corrected chi connectivity index (χ0v) is 13.3. The Bertz CT molecular complexity index is 703. The van der Waals surface area contributed by atoms with E-state index in [0.717, 1.165) is 17.1 Å². The number of alkyl halides is 1. The van der Waals surface area contributed by atoms with Crippen LogP contribution in [-0.4, -0.2) is 34.3 Å². The van der Waals surface area contributed by atoms with Gasteiger partial charge < -0.3 is 14.6 Å². The predicted octanol–water partition coefficient (Wildman–Crippen LogP) is 2.95. The number of aromatic nitrogens is 2. The van der Waals surface area contributed by atoms with Crippen molar-refractivity contribution in [3.05, 3.63) is 42.0 Å². The fourth-order valence-electron chi connectivity index (χ4n) is 2.65. The van der Waals surface area contributed by atoms with E-state index >= 15 is 0 Å². The van der Waals surface area contributed by atoms with Crippen molar-refractivity contribution in [2.24, 2.45) is 0 Å². The maximum absolute atomic E-state index is 14.5. The van der Waals surface area contributed by atoms with Crippen LogP contribution in [0.1, 0.15) is 24.2 Å². The number of nitrogens with one attached hydrogen (secondary N) is 1. The maximum atomic E-state index is 14.5. The van der Waals surface area contributed by atoms with Gasteiger partial charge in [0.2, 0.25) is 5.67 Å². The monoisotopic (exact) mass is 317 g/mol. The molecule has 1 unspecified atom stereocenters. The average molecular weight is 317 g/mol. The fourth-order valence-corrected chi connectivity index (χ4v) is 2.65. The number of anilines is 1. The van der Waals surface area contributed by atoms with Crippen LogP contribution in [0.25, 0.3) is 5.69 Å². The molecule has 1 N–H and O–H groups in total. The number of nitrogens with zero attached hydrogens (tertiary/aromatic N) is 2. The number of halogens is 1. The number of amides is 1. The summed E-state index contributed by atoms with van der Waals surface area (Å²) in [5.41, 5.74) is 1.60. The molecule has 1 aliphatic rings. The second-order valence-electron chi connectivity index (χ2n) is 5.91. The number of carbonyl (C=O) groups excluding carboxylic acids is 1. The molecule has 0 saturated carbocycles. The van der Waals surface area contributed by atoms with Gasteiger partial charge in [0.1, 0.15) is 0 Å². The fraction of sp³-hybridized carbons (Fsp3) is 0.412. The first-order valence-corrected chi connectivity index (χ1v) is 7.69. The number of hydrogen-bond donors (Lipinski definition) is 1. The third-order valence-electron chi connectivity index (χ3n) is 4.25. The molecule has 0 aliphatic carbocycles. The molecular formula is C17H20FN3O2. The largest absolute Gasteiger partial charge is 0.378 e. The van der Waals surface area contributed by atoms with Gasteiger partial charge in [0.05, 0.1) is 18.6 Å². The van der Waals surface area contributed by atoms with Crippen LogP contribution in [0.2, 0.25) is 0 Å². The lowest BCUT2D eigenvalue weighted by Crippen LogP contribution is -2.45. The van der Waals surface area contributed by atoms with Crippen LogP contribution in [0.4, 0.5) is 10.1 Å². The Morgan fingerprint density at radius 1 is 1.35 bits per heavy atom. The molecule has 0 bridgehead atoms. The van der Waals surface area contributed by atoms with Gasteiger partial charge in [0, 0.05) is 23.7 Å². The van der Waals surface area contributed by atoms with E-state index in [2.05, 4.69) is 10.3 Å². The second-order valence-corrected chi connectivity index (χ2v) is 5.91. The van der Waals surface area contributed by atoms with Crippen LogP contribution in [0.5, 0.6) is 0 Å². The minimum atomic E-state index is -1.94. The average Bonchev–Trinajstić information content (AvgIpc) is 2.88. The minimum absolute atomic E-state index is 0.176. The molecule has 1 aromatic carbocycles. The first kappa shape index (κ1) is 15.7. The van der Waals surface area contributed by atoms with Crippen molar-refractivity contribution < 1.29 is 13.9 Å². The van der Waals surface area contributed by atoms with Crippen LogP contribution in [-0.2, 0) is 9.53 Å². The van der Waals surface area contributed by atoms with E-state index in [0.29, 0.717) is 18.7 Å². The summed E-state index contributed by atoms with van der Waals surface area (Å²) in [6, 6.07) is 7.25. The van der Waals surface area contributed by atoms with Gasteiger partial charge in [-0.25, -0.2) is 9.37 Å². The van der Waals surface area contributed by atoms with Gasteiger partial charge in [-0.1, -0.05) is 0 Å². The van der Waals surface area contributed by atoms with Gasteiger partial charge in [-0.3, -0.25) is 4.79 Å². The number of rotatable bonds is 3. The summed E-state index contributed by atoms with van der Waals surface area (Å²) < 4.78 is 21.6. The lowest BCUT2D eigenvalue weighted by molar-refractivity contribution is -0.136. The number of ether oxygens (including phenoxy) is 1. The van der Waals surface area contributed by atoms with Crippen LogP contribution in [0.15, 0.2) is 30.6 Å². The van der Waals surface area contributed by atoms with E-state index < -0.39 is 11.6 Å². The van der Waals surface area contributed by atoms with Gasteiger partial charge >= 0.3 is 0 Å². The Morgan fingerprint density at radius 3 is 2.65 bits per heavy atom. The summed E-state index contributed by atoms with van der Waals surface area (Å²) in [4.78, 5) is 16.4. The van der Waals surface area contributed by atoms with Crippen molar-refractivity contribution in [1.82, 2.24) is 9.55 Å². The van der Waals surface area contributed by atoms with E-state index in [4.69, 9.17) is 4.74 Å². The molecular weight excluding hydrogens is 297 g/mol. The van der Waals surface area contributed by atoms with Crippen molar-refractivity contribution in [1.29, 1.82) is 0 Å². The first-order valence-electron chi connectivity index (χ1n) is 7.69. The van der Waals surface area contributed by atoms with E-state index in [1.54, 1.807) is 18.5 Å². The summed E-state index contributed by atoms with van der Waals surface area (Å²) in [5, 5.41) is 2.63. The summed E-state index contributed by atoms with van der Waals surface area (Å²) >= 11 is 0. The third kappa shape index (κ3) is 3.12. The van der Waals surface area contributed by atoms with Gasteiger partial charge in [-0.05, 0) is 51.0 Å². The number of carbonyl (C=O) groups is 1. The van der Waals surface area contributed by atoms with E-state index in [1.165, 1.54) is 0 Å². The van der Waals surface area contributed by atoms with Crippen molar-refractivity contribution in [3.8, 4) is 5.69 Å². The van der Waals surface area contributed by atoms with Crippen LogP contribution in [0.3, 0.4) is 0 Å². The molecule has 3 rings (SSSR count). The molecule has 1 amide bonds. The smallest absolute Gasteiger partial charge is 0.264 e. The molecule has 5 nitrogen and oxygen atoms in total. The third-order valence-corrected chi connectivity index (χ3v) is 4.25. The highest BCUT2D eigenvalue weighted by atomic mass is 19.1. The molecule has 0 spiro atoms. The lowest BCUT2D eigenvalue weighted by atomic mass is 9.97. The molecule has 1 fully saturated rings. The quantitative estimate of drug-likeness (QED) is 0.947. The Balaban J connectivity index is 1.72. The van der Waals surface area contributed by atoms with Gasteiger partial charge in [-0.15, -0.1) is 0 Å². The van der Waals surface area contributed by atoms with Gasteiger partial charge in [-0.2, -0.15) is 0 Å².